The molecule has 2 aromatic rings. The van der Waals surface area contributed by atoms with Crippen LogP contribution in [0.3, 0.4) is 0 Å². The van der Waals surface area contributed by atoms with Crippen LogP contribution in [0.25, 0.3) is 10.9 Å². The Hall–Kier alpha value is -1.71. The smallest absolute Gasteiger partial charge is 0.140 e. The van der Waals surface area contributed by atoms with E-state index in [4.69, 9.17) is 0 Å². The molecule has 16 heavy (non-hydrogen) atoms. The van der Waals surface area contributed by atoms with Crippen molar-refractivity contribution >= 4 is 16.7 Å². The van der Waals surface area contributed by atoms with Gasteiger partial charge >= 0.3 is 0 Å². The van der Waals surface area contributed by atoms with Crippen molar-refractivity contribution in [3.63, 3.8) is 0 Å². The molecule has 1 saturated heterocycles. The van der Waals surface area contributed by atoms with Crippen LogP contribution >= 0.6 is 0 Å². The van der Waals surface area contributed by atoms with Gasteiger partial charge in [0.25, 0.3) is 0 Å². The molecule has 1 fully saturated rings. The molecule has 0 N–H and O–H groups in total. The van der Waals surface area contributed by atoms with Crippen LogP contribution in [0.2, 0.25) is 0 Å². The summed E-state index contributed by atoms with van der Waals surface area (Å²) in [5, 5.41) is 0.800. The maximum absolute atomic E-state index is 13.2. The second-order valence-electron chi connectivity index (χ2n) is 4.37. The Balaban J connectivity index is 2.13. The van der Waals surface area contributed by atoms with Crippen LogP contribution in [-0.4, -0.2) is 23.1 Å². The van der Waals surface area contributed by atoms with E-state index < -0.39 is 0 Å². The van der Waals surface area contributed by atoms with Crippen molar-refractivity contribution in [3.05, 3.63) is 30.3 Å². The van der Waals surface area contributed by atoms with Crippen LogP contribution in [0.1, 0.15) is 6.92 Å². The van der Waals surface area contributed by atoms with E-state index in [0.717, 1.165) is 29.8 Å². The summed E-state index contributed by atoms with van der Waals surface area (Å²) in [7, 11) is 0. The van der Waals surface area contributed by atoms with Gasteiger partial charge in [0.05, 0.1) is 5.52 Å². The van der Waals surface area contributed by atoms with Gasteiger partial charge in [-0.25, -0.2) is 14.4 Å². The van der Waals surface area contributed by atoms with Crippen molar-refractivity contribution in [3.8, 4) is 0 Å². The molecule has 0 aliphatic carbocycles. The molecule has 4 heteroatoms. The molecule has 2 heterocycles. The minimum absolute atomic E-state index is 0.239. The van der Waals surface area contributed by atoms with E-state index in [2.05, 4.69) is 21.8 Å². The first-order valence-electron chi connectivity index (χ1n) is 5.39. The van der Waals surface area contributed by atoms with Gasteiger partial charge < -0.3 is 4.90 Å². The summed E-state index contributed by atoms with van der Waals surface area (Å²) in [5.41, 5.74) is 0.797. The largest absolute Gasteiger partial charge is 0.355 e. The fourth-order valence-corrected chi connectivity index (χ4v) is 2.14. The molecule has 3 rings (SSSR count). The third-order valence-electron chi connectivity index (χ3n) is 2.94. The quantitative estimate of drug-likeness (QED) is 0.733. The molecule has 1 aromatic carbocycles. The van der Waals surface area contributed by atoms with Gasteiger partial charge in [0.1, 0.15) is 18.0 Å². The fourth-order valence-electron chi connectivity index (χ4n) is 2.14. The normalized spacial score (nSPS) is 16.5. The molecular formula is C12H12FN3. The van der Waals surface area contributed by atoms with E-state index in [1.807, 2.05) is 0 Å². The second kappa shape index (κ2) is 3.40. The molecule has 0 amide bonds. The molecular weight excluding hydrogens is 205 g/mol. The highest BCUT2D eigenvalue weighted by molar-refractivity contribution is 5.89. The van der Waals surface area contributed by atoms with Crippen LogP contribution in [0.5, 0.6) is 0 Å². The highest BCUT2D eigenvalue weighted by Crippen LogP contribution is 2.28. The van der Waals surface area contributed by atoms with Crippen LogP contribution in [-0.2, 0) is 0 Å². The Kier molecular flexibility index (Phi) is 2.02. The lowest BCUT2D eigenvalue weighted by Crippen LogP contribution is -2.45. The Morgan fingerprint density at radius 3 is 2.88 bits per heavy atom. The first-order chi connectivity index (χ1) is 7.74. The van der Waals surface area contributed by atoms with Gasteiger partial charge in [-0.15, -0.1) is 0 Å². The lowest BCUT2D eigenvalue weighted by Gasteiger charge is -2.38. The summed E-state index contributed by atoms with van der Waals surface area (Å²) in [4.78, 5) is 10.6. The molecule has 1 aliphatic rings. The molecule has 0 saturated carbocycles. The van der Waals surface area contributed by atoms with Crippen molar-refractivity contribution in [2.75, 3.05) is 18.0 Å². The van der Waals surface area contributed by atoms with E-state index in [9.17, 15) is 4.39 Å². The molecule has 0 radical (unpaired) electrons. The van der Waals surface area contributed by atoms with Gasteiger partial charge in [0.15, 0.2) is 0 Å². The van der Waals surface area contributed by atoms with Crippen molar-refractivity contribution in [2.24, 2.45) is 5.92 Å². The number of halogens is 1. The Bertz CT molecular complexity index is 535. The number of nitrogens with zero attached hydrogens (tertiary/aromatic N) is 3. The maximum Gasteiger partial charge on any atom is 0.140 e. The number of benzene rings is 1. The van der Waals surface area contributed by atoms with Gasteiger partial charge in [0, 0.05) is 18.5 Å². The number of rotatable bonds is 1. The summed E-state index contributed by atoms with van der Waals surface area (Å²) in [6.45, 7) is 4.17. The summed E-state index contributed by atoms with van der Waals surface area (Å²) < 4.78 is 13.2. The fraction of sp³-hybridized carbons (Fsp3) is 0.333. The van der Waals surface area contributed by atoms with E-state index in [-0.39, 0.29) is 5.82 Å². The average Bonchev–Trinajstić information content (AvgIpc) is 2.24. The zero-order valence-corrected chi connectivity index (χ0v) is 9.02. The Morgan fingerprint density at radius 2 is 2.12 bits per heavy atom. The highest BCUT2D eigenvalue weighted by Gasteiger charge is 2.25. The van der Waals surface area contributed by atoms with Gasteiger partial charge in [-0.3, -0.25) is 0 Å². The first kappa shape index (κ1) is 9.51. The zero-order valence-electron chi connectivity index (χ0n) is 9.02. The minimum Gasteiger partial charge on any atom is -0.355 e. The molecule has 3 nitrogen and oxygen atoms in total. The van der Waals surface area contributed by atoms with E-state index in [1.54, 1.807) is 12.4 Å². The summed E-state index contributed by atoms with van der Waals surface area (Å²) in [5.74, 6) is 1.30. The van der Waals surface area contributed by atoms with E-state index in [0.29, 0.717) is 5.92 Å². The molecule has 0 atom stereocenters. The lowest BCUT2D eigenvalue weighted by atomic mass is 10.0. The molecule has 1 aliphatic heterocycles. The van der Waals surface area contributed by atoms with Crippen LogP contribution < -0.4 is 4.90 Å². The van der Waals surface area contributed by atoms with E-state index >= 15 is 0 Å². The van der Waals surface area contributed by atoms with Gasteiger partial charge in [0.2, 0.25) is 0 Å². The standard InChI is InChI=1S/C12H12FN3/c1-8-5-16(6-8)12-10-4-9(13)2-3-11(10)14-7-15-12/h2-4,7-8H,5-6H2,1H3. The monoisotopic (exact) mass is 217 g/mol. The number of fused-ring (bicyclic) bond motifs is 1. The first-order valence-corrected chi connectivity index (χ1v) is 5.39. The third kappa shape index (κ3) is 1.41. The minimum atomic E-state index is -0.239. The van der Waals surface area contributed by atoms with Crippen LogP contribution in [0.15, 0.2) is 24.5 Å². The summed E-state index contributed by atoms with van der Waals surface area (Å²) >= 11 is 0. The molecule has 82 valence electrons. The number of aromatic nitrogens is 2. The summed E-state index contributed by atoms with van der Waals surface area (Å²) in [6.07, 6.45) is 1.54. The van der Waals surface area contributed by atoms with Crippen molar-refractivity contribution in [1.82, 2.24) is 9.97 Å². The zero-order chi connectivity index (χ0) is 11.1. The van der Waals surface area contributed by atoms with Gasteiger partial charge in [-0.1, -0.05) is 6.92 Å². The van der Waals surface area contributed by atoms with Gasteiger partial charge in [-0.05, 0) is 24.1 Å². The molecule has 0 spiro atoms. The molecule has 1 aromatic heterocycles. The molecule has 0 bridgehead atoms. The maximum atomic E-state index is 13.2. The predicted octanol–water partition coefficient (Wildman–Crippen LogP) is 2.22. The lowest BCUT2D eigenvalue weighted by molar-refractivity contribution is 0.444. The van der Waals surface area contributed by atoms with Crippen molar-refractivity contribution in [2.45, 2.75) is 6.92 Å². The van der Waals surface area contributed by atoms with Crippen LogP contribution in [0.4, 0.5) is 10.2 Å². The highest BCUT2D eigenvalue weighted by atomic mass is 19.1. The Labute approximate surface area is 92.9 Å². The average molecular weight is 217 g/mol. The third-order valence-corrected chi connectivity index (χ3v) is 2.94. The Morgan fingerprint density at radius 1 is 1.31 bits per heavy atom. The SMILES string of the molecule is CC1CN(c2ncnc3ccc(F)cc23)C1. The second-order valence-corrected chi connectivity index (χ2v) is 4.37. The number of anilines is 1. The predicted molar refractivity (Wildman–Crippen MR) is 60.9 cm³/mol. The van der Waals surface area contributed by atoms with Crippen LogP contribution in [0, 0.1) is 11.7 Å². The van der Waals surface area contributed by atoms with Gasteiger partial charge in [-0.2, -0.15) is 0 Å². The van der Waals surface area contributed by atoms with Crippen molar-refractivity contribution in [1.29, 1.82) is 0 Å². The number of hydrogen-bond donors (Lipinski definition) is 0. The van der Waals surface area contributed by atoms with E-state index in [1.165, 1.54) is 12.1 Å². The summed E-state index contributed by atoms with van der Waals surface area (Å²) in [6, 6.07) is 4.63. The van der Waals surface area contributed by atoms with Crippen molar-refractivity contribution < 1.29 is 4.39 Å². The molecule has 0 unspecified atom stereocenters. The topological polar surface area (TPSA) is 29.0 Å². The number of hydrogen-bond acceptors (Lipinski definition) is 3.